The van der Waals surface area contributed by atoms with E-state index in [2.05, 4.69) is 10.3 Å². The van der Waals surface area contributed by atoms with Gasteiger partial charge in [-0.05, 0) is 23.8 Å². The Hall–Kier alpha value is -3.27. The number of halogens is 2. The average Bonchev–Trinajstić information content (AvgIpc) is 2.90. The highest BCUT2D eigenvalue weighted by atomic mass is 19.2. The van der Waals surface area contributed by atoms with Crippen LogP contribution in [0.2, 0.25) is 0 Å². The number of phenols is 1. The summed E-state index contributed by atoms with van der Waals surface area (Å²) in [7, 11) is 0. The third-order valence-electron chi connectivity index (χ3n) is 3.03. The van der Waals surface area contributed by atoms with Gasteiger partial charge in [0.15, 0.2) is 11.6 Å². The zero-order valence-electron chi connectivity index (χ0n) is 11.0. The SMILES string of the molecule is N#C/C(=C\c1ccc(O)cc1)n1nnc2cc(F)c(F)cc21. The first kappa shape index (κ1) is 13.7. The molecule has 0 unspecified atom stereocenters. The molecule has 0 amide bonds. The van der Waals surface area contributed by atoms with Crippen LogP contribution < -0.4 is 0 Å². The molecule has 0 saturated carbocycles. The Kier molecular flexibility index (Phi) is 3.27. The molecule has 0 aliphatic rings. The molecule has 0 saturated heterocycles. The number of hydrogen-bond acceptors (Lipinski definition) is 4. The number of nitriles is 1. The van der Waals surface area contributed by atoms with E-state index in [-0.39, 0.29) is 22.5 Å². The lowest BCUT2D eigenvalue weighted by atomic mass is 10.2. The summed E-state index contributed by atoms with van der Waals surface area (Å²) in [6.07, 6.45) is 1.49. The lowest BCUT2D eigenvalue weighted by Gasteiger charge is -2.01. The molecular formula is C15H8F2N4O. The summed E-state index contributed by atoms with van der Waals surface area (Å²) in [4.78, 5) is 0. The highest BCUT2D eigenvalue weighted by Crippen LogP contribution is 2.20. The molecule has 5 nitrogen and oxygen atoms in total. The molecule has 0 radical (unpaired) electrons. The van der Waals surface area contributed by atoms with Crippen molar-refractivity contribution in [3.63, 3.8) is 0 Å². The zero-order valence-corrected chi connectivity index (χ0v) is 11.0. The maximum absolute atomic E-state index is 13.4. The highest BCUT2D eigenvalue weighted by Gasteiger charge is 2.13. The van der Waals surface area contributed by atoms with Crippen molar-refractivity contribution in [3.05, 3.63) is 53.6 Å². The fraction of sp³-hybridized carbons (Fsp3) is 0. The molecule has 2 aromatic carbocycles. The van der Waals surface area contributed by atoms with Crippen molar-refractivity contribution in [2.45, 2.75) is 0 Å². The molecule has 22 heavy (non-hydrogen) atoms. The van der Waals surface area contributed by atoms with Crippen LogP contribution in [0.15, 0.2) is 36.4 Å². The van der Waals surface area contributed by atoms with Crippen LogP contribution >= 0.6 is 0 Å². The highest BCUT2D eigenvalue weighted by molar-refractivity contribution is 5.86. The molecule has 0 aliphatic carbocycles. The monoisotopic (exact) mass is 298 g/mol. The van der Waals surface area contributed by atoms with Crippen LogP contribution in [0.3, 0.4) is 0 Å². The number of benzene rings is 2. The maximum atomic E-state index is 13.4. The number of nitrogens with zero attached hydrogens (tertiary/aromatic N) is 4. The van der Waals surface area contributed by atoms with E-state index >= 15 is 0 Å². The lowest BCUT2D eigenvalue weighted by Crippen LogP contribution is -1.98. The van der Waals surface area contributed by atoms with Gasteiger partial charge < -0.3 is 5.11 Å². The van der Waals surface area contributed by atoms with E-state index in [0.717, 1.165) is 16.8 Å². The lowest BCUT2D eigenvalue weighted by molar-refractivity contribution is 0.475. The normalized spacial score (nSPS) is 11.6. The molecule has 1 heterocycles. The van der Waals surface area contributed by atoms with E-state index in [1.165, 1.54) is 18.2 Å². The quantitative estimate of drug-likeness (QED) is 0.738. The van der Waals surface area contributed by atoms with E-state index in [1.807, 2.05) is 6.07 Å². The number of hydrogen-bond donors (Lipinski definition) is 1. The van der Waals surface area contributed by atoms with Crippen LogP contribution in [0.5, 0.6) is 5.75 Å². The minimum atomic E-state index is -1.04. The van der Waals surface area contributed by atoms with E-state index in [0.29, 0.717) is 5.56 Å². The third-order valence-corrected chi connectivity index (χ3v) is 3.03. The van der Waals surface area contributed by atoms with Crippen molar-refractivity contribution in [2.24, 2.45) is 0 Å². The van der Waals surface area contributed by atoms with Crippen molar-refractivity contribution in [1.82, 2.24) is 15.0 Å². The van der Waals surface area contributed by atoms with Gasteiger partial charge in [-0.3, -0.25) is 0 Å². The predicted octanol–water partition coefficient (Wildman–Crippen LogP) is 2.94. The van der Waals surface area contributed by atoms with Gasteiger partial charge in [-0.25, -0.2) is 13.5 Å². The Morgan fingerprint density at radius 1 is 1.18 bits per heavy atom. The van der Waals surface area contributed by atoms with Crippen LogP contribution in [0.4, 0.5) is 8.78 Å². The minimum absolute atomic E-state index is 0.0826. The van der Waals surface area contributed by atoms with Crippen molar-refractivity contribution in [2.75, 3.05) is 0 Å². The maximum Gasteiger partial charge on any atom is 0.161 e. The van der Waals surface area contributed by atoms with Crippen molar-refractivity contribution in [1.29, 1.82) is 5.26 Å². The Morgan fingerprint density at radius 2 is 1.86 bits per heavy atom. The summed E-state index contributed by atoms with van der Waals surface area (Å²) in [6, 6.07) is 9.94. The molecule has 0 atom stereocenters. The first-order chi connectivity index (χ1) is 10.6. The predicted molar refractivity (Wildman–Crippen MR) is 75.3 cm³/mol. The second kappa shape index (κ2) is 5.26. The zero-order chi connectivity index (χ0) is 15.7. The van der Waals surface area contributed by atoms with Crippen molar-refractivity contribution < 1.29 is 13.9 Å². The van der Waals surface area contributed by atoms with E-state index in [4.69, 9.17) is 0 Å². The molecule has 0 bridgehead atoms. The first-order valence-electron chi connectivity index (χ1n) is 6.20. The van der Waals surface area contributed by atoms with Gasteiger partial charge in [-0.1, -0.05) is 17.3 Å². The number of fused-ring (bicyclic) bond motifs is 1. The topological polar surface area (TPSA) is 74.7 Å². The van der Waals surface area contributed by atoms with Crippen LogP contribution in [0.25, 0.3) is 22.8 Å². The molecule has 1 N–H and O–H groups in total. The molecule has 0 aliphatic heterocycles. The largest absolute Gasteiger partial charge is 0.508 e. The second-order valence-electron chi connectivity index (χ2n) is 4.49. The molecule has 3 rings (SSSR count). The van der Waals surface area contributed by atoms with Crippen molar-refractivity contribution in [3.8, 4) is 11.8 Å². The summed E-state index contributed by atoms with van der Waals surface area (Å²) >= 11 is 0. The number of aromatic nitrogens is 3. The Morgan fingerprint density at radius 3 is 2.55 bits per heavy atom. The average molecular weight is 298 g/mol. The van der Waals surface area contributed by atoms with Gasteiger partial charge in [-0.2, -0.15) is 5.26 Å². The number of aromatic hydroxyl groups is 1. The summed E-state index contributed by atoms with van der Waals surface area (Å²) in [5.74, 6) is -1.97. The Balaban J connectivity index is 2.13. The molecule has 1 aromatic heterocycles. The van der Waals surface area contributed by atoms with Crippen LogP contribution in [0.1, 0.15) is 5.56 Å². The van der Waals surface area contributed by atoms with Crippen molar-refractivity contribution >= 4 is 22.8 Å². The van der Waals surface area contributed by atoms with Gasteiger partial charge in [-0.15, -0.1) is 5.10 Å². The molecular weight excluding hydrogens is 290 g/mol. The van der Waals surface area contributed by atoms with E-state index < -0.39 is 11.6 Å². The van der Waals surface area contributed by atoms with Crippen LogP contribution in [-0.2, 0) is 0 Å². The summed E-state index contributed by atoms with van der Waals surface area (Å²) in [5.41, 5.74) is 1.05. The van der Waals surface area contributed by atoms with Crippen LogP contribution in [-0.4, -0.2) is 20.1 Å². The molecule has 0 spiro atoms. The first-order valence-corrected chi connectivity index (χ1v) is 6.20. The number of phenolic OH excluding ortho intramolecular Hbond substituents is 1. The fourth-order valence-corrected chi connectivity index (χ4v) is 1.96. The smallest absolute Gasteiger partial charge is 0.161 e. The molecule has 3 aromatic rings. The Bertz CT molecular complexity index is 923. The van der Waals surface area contributed by atoms with E-state index in [1.54, 1.807) is 12.1 Å². The number of rotatable bonds is 2. The molecule has 108 valence electrons. The van der Waals surface area contributed by atoms with E-state index in [9.17, 15) is 19.1 Å². The van der Waals surface area contributed by atoms with Crippen LogP contribution in [0, 0.1) is 23.0 Å². The molecule has 0 fully saturated rings. The van der Waals surface area contributed by atoms with Gasteiger partial charge >= 0.3 is 0 Å². The van der Waals surface area contributed by atoms with Gasteiger partial charge in [0.2, 0.25) is 0 Å². The standard InChI is InChI=1S/C15H8F2N4O/c16-12-6-14-15(7-13(12)17)21(20-19-14)10(8-18)5-9-1-3-11(22)4-2-9/h1-7,22H/b10-5+. The van der Waals surface area contributed by atoms with Gasteiger partial charge in [0, 0.05) is 12.1 Å². The minimum Gasteiger partial charge on any atom is -0.508 e. The fourth-order valence-electron chi connectivity index (χ4n) is 1.96. The summed E-state index contributed by atoms with van der Waals surface area (Å²) in [6.45, 7) is 0. The van der Waals surface area contributed by atoms with Gasteiger partial charge in [0.05, 0.1) is 5.52 Å². The Labute approximate surface area is 123 Å². The van der Waals surface area contributed by atoms with Gasteiger partial charge in [0.25, 0.3) is 0 Å². The van der Waals surface area contributed by atoms with Gasteiger partial charge in [0.1, 0.15) is 23.0 Å². The number of allylic oxidation sites excluding steroid dienone is 1. The second-order valence-corrected chi connectivity index (χ2v) is 4.49. The summed E-state index contributed by atoms with van der Waals surface area (Å²) < 4.78 is 27.7. The summed E-state index contributed by atoms with van der Waals surface area (Å²) in [5, 5.41) is 26.0. The third kappa shape index (κ3) is 2.38. The molecule has 7 heteroatoms.